The second-order valence-corrected chi connectivity index (χ2v) is 4.98. The predicted molar refractivity (Wildman–Crippen MR) is 80.9 cm³/mol. The van der Waals surface area contributed by atoms with Gasteiger partial charge in [0.1, 0.15) is 4.88 Å². The molecule has 0 aliphatic rings. The maximum absolute atomic E-state index is 11.6. The molecule has 7 heteroatoms. The van der Waals surface area contributed by atoms with Gasteiger partial charge in [-0.15, -0.1) is 0 Å². The molecule has 0 amide bonds. The average Bonchev–Trinajstić information content (AvgIpc) is 2.96. The number of nitrogens with one attached hydrogen (secondary N) is 1. The zero-order valence-corrected chi connectivity index (χ0v) is 12.8. The number of ether oxygens (including phenoxy) is 3. The second kappa shape index (κ2) is 6.94. The van der Waals surface area contributed by atoms with Crippen LogP contribution in [0.5, 0.6) is 11.5 Å². The van der Waals surface area contributed by atoms with Crippen molar-refractivity contribution in [3.05, 3.63) is 29.3 Å². The van der Waals surface area contributed by atoms with Gasteiger partial charge in [-0.05, 0) is 19.1 Å². The molecule has 1 N–H and O–H groups in total. The number of nitrogens with zero attached hydrogens (tertiary/aromatic N) is 1. The fourth-order valence-electron chi connectivity index (χ4n) is 1.67. The van der Waals surface area contributed by atoms with Crippen molar-refractivity contribution in [2.24, 2.45) is 0 Å². The van der Waals surface area contributed by atoms with E-state index < -0.39 is 0 Å². The molecular formula is C14H16N2O4S. The Bertz CT molecular complexity index is 627. The monoisotopic (exact) mass is 308 g/mol. The largest absolute Gasteiger partial charge is 0.493 e. The normalized spacial score (nSPS) is 10.0. The Kier molecular flexibility index (Phi) is 4.99. The highest BCUT2D eigenvalue weighted by atomic mass is 32.1. The van der Waals surface area contributed by atoms with Gasteiger partial charge in [0.15, 0.2) is 16.6 Å². The minimum atomic E-state index is -0.365. The van der Waals surface area contributed by atoms with Gasteiger partial charge >= 0.3 is 5.97 Å². The minimum Gasteiger partial charge on any atom is -0.493 e. The van der Waals surface area contributed by atoms with Crippen LogP contribution in [0.1, 0.15) is 16.6 Å². The number of anilines is 2. The van der Waals surface area contributed by atoms with Crippen LogP contribution in [-0.4, -0.2) is 31.8 Å². The molecule has 0 fully saturated rings. The van der Waals surface area contributed by atoms with Gasteiger partial charge in [0, 0.05) is 11.8 Å². The van der Waals surface area contributed by atoms with E-state index in [1.54, 1.807) is 33.3 Å². The van der Waals surface area contributed by atoms with E-state index in [0.717, 1.165) is 5.69 Å². The maximum atomic E-state index is 11.6. The predicted octanol–water partition coefficient (Wildman–Crippen LogP) is 3.08. The van der Waals surface area contributed by atoms with Crippen molar-refractivity contribution in [2.75, 3.05) is 26.1 Å². The molecule has 0 bridgehead atoms. The van der Waals surface area contributed by atoms with Gasteiger partial charge < -0.3 is 19.5 Å². The highest BCUT2D eigenvalue weighted by Crippen LogP contribution is 2.32. The molecule has 0 radical (unpaired) electrons. The molecule has 21 heavy (non-hydrogen) atoms. The third-order valence-electron chi connectivity index (χ3n) is 2.62. The average molecular weight is 308 g/mol. The Morgan fingerprint density at radius 3 is 2.71 bits per heavy atom. The van der Waals surface area contributed by atoms with Crippen LogP contribution in [0, 0.1) is 0 Å². The lowest BCUT2D eigenvalue weighted by atomic mass is 10.3. The Morgan fingerprint density at radius 2 is 2.05 bits per heavy atom. The quantitative estimate of drug-likeness (QED) is 0.827. The fourth-order valence-corrected chi connectivity index (χ4v) is 2.40. The standard InChI is InChI=1S/C14H16N2O4S/c1-4-20-13(17)12-8-15-14(21-12)16-9-5-6-10(18-2)11(7-9)19-3/h5-8H,4H2,1-3H3,(H,15,16). The lowest BCUT2D eigenvalue weighted by Gasteiger charge is -2.09. The van der Waals surface area contributed by atoms with Gasteiger partial charge in [-0.2, -0.15) is 0 Å². The number of aromatic nitrogens is 1. The van der Waals surface area contributed by atoms with Gasteiger partial charge in [-0.3, -0.25) is 0 Å². The van der Waals surface area contributed by atoms with Crippen LogP contribution >= 0.6 is 11.3 Å². The van der Waals surface area contributed by atoms with E-state index in [1.165, 1.54) is 17.5 Å². The van der Waals surface area contributed by atoms with Gasteiger partial charge in [0.2, 0.25) is 0 Å². The van der Waals surface area contributed by atoms with Crippen LogP contribution in [-0.2, 0) is 4.74 Å². The molecule has 2 aromatic rings. The van der Waals surface area contributed by atoms with Crippen LogP contribution in [0.3, 0.4) is 0 Å². The van der Waals surface area contributed by atoms with Crippen LogP contribution in [0.2, 0.25) is 0 Å². The Morgan fingerprint density at radius 1 is 1.29 bits per heavy atom. The molecule has 1 heterocycles. The summed E-state index contributed by atoms with van der Waals surface area (Å²) in [5.74, 6) is 0.898. The van der Waals surface area contributed by atoms with Crippen LogP contribution in [0.25, 0.3) is 0 Å². The van der Waals surface area contributed by atoms with Crippen LogP contribution in [0.4, 0.5) is 10.8 Å². The van der Waals surface area contributed by atoms with Crippen molar-refractivity contribution < 1.29 is 19.0 Å². The number of hydrogen-bond donors (Lipinski definition) is 1. The summed E-state index contributed by atoms with van der Waals surface area (Å²) in [4.78, 5) is 16.2. The van der Waals surface area contributed by atoms with E-state index in [0.29, 0.717) is 28.1 Å². The second-order valence-electron chi connectivity index (χ2n) is 3.94. The molecule has 0 atom stereocenters. The summed E-state index contributed by atoms with van der Waals surface area (Å²) in [6.45, 7) is 2.11. The smallest absolute Gasteiger partial charge is 0.350 e. The Hall–Kier alpha value is -2.28. The van der Waals surface area contributed by atoms with E-state index in [9.17, 15) is 4.79 Å². The number of esters is 1. The number of methoxy groups -OCH3 is 2. The third-order valence-corrected chi connectivity index (χ3v) is 3.51. The highest BCUT2D eigenvalue weighted by Gasteiger charge is 2.12. The number of carbonyl (C=O) groups is 1. The molecule has 1 aromatic carbocycles. The number of rotatable bonds is 6. The maximum Gasteiger partial charge on any atom is 0.350 e. The summed E-state index contributed by atoms with van der Waals surface area (Å²) in [5, 5.41) is 3.71. The molecule has 0 aliphatic carbocycles. The van der Waals surface area contributed by atoms with E-state index in [2.05, 4.69) is 10.3 Å². The molecular weight excluding hydrogens is 292 g/mol. The molecule has 6 nitrogen and oxygen atoms in total. The third kappa shape index (κ3) is 3.63. The summed E-state index contributed by atoms with van der Waals surface area (Å²) in [5.41, 5.74) is 0.789. The topological polar surface area (TPSA) is 69.7 Å². The molecule has 0 aliphatic heterocycles. The number of benzene rings is 1. The van der Waals surface area contributed by atoms with Crippen LogP contribution in [0.15, 0.2) is 24.4 Å². The highest BCUT2D eigenvalue weighted by molar-refractivity contribution is 7.17. The first-order valence-corrected chi connectivity index (χ1v) is 7.11. The molecule has 2 rings (SSSR count). The first-order chi connectivity index (χ1) is 10.2. The SMILES string of the molecule is CCOC(=O)c1cnc(Nc2ccc(OC)c(OC)c2)s1. The lowest BCUT2D eigenvalue weighted by Crippen LogP contribution is -2.01. The molecule has 112 valence electrons. The van der Waals surface area contributed by atoms with Gasteiger partial charge in [-0.25, -0.2) is 9.78 Å². The summed E-state index contributed by atoms with van der Waals surface area (Å²) in [6.07, 6.45) is 1.49. The Balaban J connectivity index is 2.13. The van der Waals surface area contributed by atoms with Gasteiger partial charge in [0.05, 0.1) is 27.0 Å². The summed E-state index contributed by atoms with van der Waals surface area (Å²) < 4.78 is 15.3. The van der Waals surface area contributed by atoms with Crippen LogP contribution < -0.4 is 14.8 Å². The van der Waals surface area contributed by atoms with Crippen molar-refractivity contribution in [3.63, 3.8) is 0 Å². The van der Waals surface area contributed by atoms with E-state index in [-0.39, 0.29) is 5.97 Å². The summed E-state index contributed by atoms with van der Waals surface area (Å²) in [6, 6.07) is 5.43. The van der Waals surface area contributed by atoms with E-state index in [4.69, 9.17) is 14.2 Å². The van der Waals surface area contributed by atoms with Crippen molar-refractivity contribution in [3.8, 4) is 11.5 Å². The zero-order valence-electron chi connectivity index (χ0n) is 12.0. The first kappa shape index (κ1) is 15.1. The molecule has 0 saturated heterocycles. The van der Waals surface area contributed by atoms with Crippen molar-refractivity contribution in [1.29, 1.82) is 0 Å². The fraction of sp³-hybridized carbons (Fsp3) is 0.286. The summed E-state index contributed by atoms with van der Waals surface area (Å²) in [7, 11) is 3.15. The van der Waals surface area contributed by atoms with E-state index in [1.807, 2.05) is 6.07 Å². The number of hydrogen-bond acceptors (Lipinski definition) is 7. The zero-order chi connectivity index (χ0) is 15.2. The van der Waals surface area contributed by atoms with Crippen molar-refractivity contribution in [1.82, 2.24) is 4.98 Å². The Labute approximate surface area is 126 Å². The first-order valence-electron chi connectivity index (χ1n) is 6.30. The van der Waals surface area contributed by atoms with Crippen molar-refractivity contribution in [2.45, 2.75) is 6.92 Å². The molecule has 1 aromatic heterocycles. The number of thiazole rings is 1. The molecule has 0 saturated carbocycles. The van der Waals surface area contributed by atoms with Gasteiger partial charge in [0.25, 0.3) is 0 Å². The van der Waals surface area contributed by atoms with Gasteiger partial charge in [-0.1, -0.05) is 11.3 Å². The minimum absolute atomic E-state index is 0.342. The number of carbonyl (C=O) groups excluding carboxylic acids is 1. The molecule has 0 spiro atoms. The lowest BCUT2D eigenvalue weighted by molar-refractivity contribution is 0.0532. The molecule has 0 unspecified atom stereocenters. The van der Waals surface area contributed by atoms with E-state index >= 15 is 0 Å². The van der Waals surface area contributed by atoms with Crippen molar-refractivity contribution >= 4 is 28.1 Å². The summed E-state index contributed by atoms with van der Waals surface area (Å²) >= 11 is 1.23.